The van der Waals surface area contributed by atoms with Crippen LogP contribution in [0.15, 0.2) is 35.5 Å². The Kier molecular flexibility index (Phi) is 4.23. The van der Waals surface area contributed by atoms with Gasteiger partial charge in [0.25, 0.3) is 5.56 Å². The number of aromatic nitrogens is 3. The van der Waals surface area contributed by atoms with Gasteiger partial charge in [-0.3, -0.25) is 9.69 Å². The van der Waals surface area contributed by atoms with E-state index in [-0.39, 0.29) is 5.56 Å². The molecule has 0 bridgehead atoms. The quantitative estimate of drug-likeness (QED) is 0.830. The van der Waals surface area contributed by atoms with Crippen molar-refractivity contribution in [3.63, 3.8) is 0 Å². The lowest BCUT2D eigenvalue weighted by molar-refractivity contribution is 0.308. The van der Waals surface area contributed by atoms with Crippen LogP contribution in [-0.2, 0) is 13.6 Å². The molecule has 0 spiro atoms. The van der Waals surface area contributed by atoms with Crippen LogP contribution in [-0.4, -0.2) is 45.6 Å². The van der Waals surface area contributed by atoms with Crippen molar-refractivity contribution >= 4 is 5.82 Å². The minimum absolute atomic E-state index is 0.0732. The van der Waals surface area contributed by atoms with Crippen molar-refractivity contribution in [2.45, 2.75) is 31.7 Å². The molecule has 2 atom stereocenters. The van der Waals surface area contributed by atoms with E-state index < -0.39 is 0 Å². The largest absolute Gasteiger partial charge is 0.356 e. The normalized spacial score (nSPS) is 25.6. The molecule has 6 nitrogen and oxygen atoms in total. The summed E-state index contributed by atoms with van der Waals surface area (Å²) in [5.74, 6) is 3.15. The number of rotatable bonds is 4. The molecule has 2 aromatic rings. The molecular formula is C21H27N5O. The Morgan fingerprint density at radius 1 is 1.07 bits per heavy atom. The van der Waals surface area contributed by atoms with Crippen LogP contribution in [0.1, 0.15) is 36.4 Å². The highest BCUT2D eigenvalue weighted by Gasteiger charge is 2.40. The number of likely N-dealkylation sites (tertiary alicyclic amines) is 1. The first-order valence-electron chi connectivity index (χ1n) is 10.1. The summed E-state index contributed by atoms with van der Waals surface area (Å²) >= 11 is 0. The van der Waals surface area contributed by atoms with Crippen molar-refractivity contribution in [1.82, 2.24) is 19.4 Å². The van der Waals surface area contributed by atoms with Crippen LogP contribution < -0.4 is 10.5 Å². The van der Waals surface area contributed by atoms with E-state index in [2.05, 4.69) is 31.9 Å². The number of hydrogen-bond acceptors (Lipinski definition) is 5. The van der Waals surface area contributed by atoms with Crippen molar-refractivity contribution in [3.8, 4) is 0 Å². The summed E-state index contributed by atoms with van der Waals surface area (Å²) in [7, 11) is 1.80. The smallest absolute Gasteiger partial charge is 0.250 e. The first-order valence-corrected chi connectivity index (χ1v) is 10.1. The van der Waals surface area contributed by atoms with Gasteiger partial charge in [0.15, 0.2) is 0 Å². The van der Waals surface area contributed by atoms with Gasteiger partial charge in [-0.1, -0.05) is 6.42 Å². The highest BCUT2D eigenvalue weighted by atomic mass is 16.1. The second kappa shape index (κ2) is 6.75. The van der Waals surface area contributed by atoms with Gasteiger partial charge in [-0.15, -0.1) is 0 Å². The fourth-order valence-corrected chi connectivity index (χ4v) is 4.81. The summed E-state index contributed by atoms with van der Waals surface area (Å²) in [6.45, 7) is 5.26. The van der Waals surface area contributed by atoms with Gasteiger partial charge in [0, 0.05) is 69.7 Å². The van der Waals surface area contributed by atoms with Crippen molar-refractivity contribution < 1.29 is 0 Å². The molecule has 0 N–H and O–H groups in total. The van der Waals surface area contributed by atoms with Gasteiger partial charge in [-0.05, 0) is 36.3 Å². The van der Waals surface area contributed by atoms with E-state index in [9.17, 15) is 4.79 Å². The number of pyridine rings is 1. The molecule has 5 rings (SSSR count). The molecule has 2 aromatic heterocycles. The van der Waals surface area contributed by atoms with Gasteiger partial charge >= 0.3 is 0 Å². The van der Waals surface area contributed by atoms with Gasteiger partial charge in [-0.25, -0.2) is 9.97 Å². The number of anilines is 1. The fourth-order valence-electron chi connectivity index (χ4n) is 4.81. The Hall–Kier alpha value is -2.21. The molecule has 142 valence electrons. The minimum atomic E-state index is 0.0732. The van der Waals surface area contributed by atoms with Crippen LogP contribution >= 0.6 is 0 Å². The van der Waals surface area contributed by atoms with Gasteiger partial charge in [-0.2, -0.15) is 0 Å². The molecule has 0 radical (unpaired) electrons. The molecule has 2 unspecified atom stereocenters. The van der Waals surface area contributed by atoms with Crippen LogP contribution in [0.25, 0.3) is 0 Å². The molecule has 3 fully saturated rings. The van der Waals surface area contributed by atoms with Crippen molar-refractivity contribution in [1.29, 1.82) is 0 Å². The Labute approximate surface area is 159 Å². The lowest BCUT2D eigenvalue weighted by Crippen LogP contribution is -2.29. The molecule has 27 heavy (non-hydrogen) atoms. The minimum Gasteiger partial charge on any atom is -0.356 e. The lowest BCUT2D eigenvalue weighted by Gasteiger charge is -2.26. The molecule has 6 heteroatoms. The van der Waals surface area contributed by atoms with Gasteiger partial charge < -0.3 is 9.47 Å². The van der Waals surface area contributed by atoms with E-state index in [1.165, 1.54) is 25.0 Å². The third-order valence-corrected chi connectivity index (χ3v) is 6.66. The monoisotopic (exact) mass is 365 g/mol. The predicted molar refractivity (Wildman–Crippen MR) is 105 cm³/mol. The first kappa shape index (κ1) is 16.9. The highest BCUT2D eigenvalue weighted by Crippen LogP contribution is 2.38. The van der Waals surface area contributed by atoms with Crippen LogP contribution in [0.5, 0.6) is 0 Å². The van der Waals surface area contributed by atoms with E-state index in [0.29, 0.717) is 17.8 Å². The highest BCUT2D eigenvalue weighted by molar-refractivity contribution is 5.42. The van der Waals surface area contributed by atoms with Crippen LogP contribution in [0, 0.1) is 11.8 Å². The maximum Gasteiger partial charge on any atom is 0.250 e. The Morgan fingerprint density at radius 2 is 1.85 bits per heavy atom. The van der Waals surface area contributed by atoms with Gasteiger partial charge in [0.2, 0.25) is 0 Å². The van der Waals surface area contributed by atoms with E-state index in [1.54, 1.807) is 24.0 Å². The number of hydrogen-bond donors (Lipinski definition) is 0. The summed E-state index contributed by atoms with van der Waals surface area (Å²) in [5, 5.41) is 0. The fraction of sp³-hybridized carbons (Fsp3) is 0.571. The zero-order valence-electron chi connectivity index (χ0n) is 15.9. The molecule has 0 amide bonds. The maximum atomic E-state index is 11.8. The number of nitrogens with zero attached hydrogens (tertiary/aromatic N) is 5. The summed E-state index contributed by atoms with van der Waals surface area (Å²) in [5.41, 5.74) is 2.43. The van der Waals surface area contributed by atoms with Crippen LogP contribution in [0.4, 0.5) is 5.82 Å². The Morgan fingerprint density at radius 3 is 2.52 bits per heavy atom. The summed E-state index contributed by atoms with van der Waals surface area (Å²) in [6, 6.07) is 6.05. The molecule has 1 saturated carbocycles. The van der Waals surface area contributed by atoms with Gasteiger partial charge in [0.1, 0.15) is 12.1 Å². The topological polar surface area (TPSA) is 54.3 Å². The average molecular weight is 365 g/mol. The van der Waals surface area contributed by atoms with E-state index in [1.807, 2.05) is 6.20 Å². The standard InChI is InChI=1S/C21H27N5O/c1-24-6-5-15(7-21(24)27)9-25-10-17-12-26(13-18(17)11-25)20-8-19(22-14-23-20)16-3-2-4-16/h5-8,14,16-18H,2-4,9-13H2,1H3. The second-order valence-corrected chi connectivity index (χ2v) is 8.53. The van der Waals surface area contributed by atoms with Crippen LogP contribution in [0.2, 0.25) is 0 Å². The predicted octanol–water partition coefficient (Wildman–Crippen LogP) is 2.01. The molecule has 4 heterocycles. The molecular weight excluding hydrogens is 338 g/mol. The molecule has 1 aliphatic carbocycles. The third-order valence-electron chi connectivity index (χ3n) is 6.66. The number of fused-ring (bicyclic) bond motifs is 1. The number of aryl methyl sites for hydroxylation is 1. The SMILES string of the molecule is Cn1ccc(CN2CC3CN(c4cc(C5CCC5)ncn4)CC3C2)cc1=O. The molecule has 0 aromatic carbocycles. The third kappa shape index (κ3) is 3.27. The van der Waals surface area contributed by atoms with Crippen molar-refractivity contribution in [2.75, 3.05) is 31.1 Å². The molecule has 2 saturated heterocycles. The first-order chi connectivity index (χ1) is 13.2. The Bertz CT molecular complexity index is 876. The van der Waals surface area contributed by atoms with E-state index in [0.717, 1.165) is 44.1 Å². The summed E-state index contributed by atoms with van der Waals surface area (Å²) in [4.78, 5) is 25.9. The molecule has 3 aliphatic rings. The van der Waals surface area contributed by atoms with Crippen molar-refractivity contribution in [3.05, 3.63) is 52.3 Å². The summed E-state index contributed by atoms with van der Waals surface area (Å²) < 4.78 is 1.62. The average Bonchev–Trinajstić information content (AvgIpc) is 3.15. The van der Waals surface area contributed by atoms with Gasteiger partial charge in [0.05, 0.1) is 0 Å². The van der Waals surface area contributed by atoms with E-state index in [4.69, 9.17) is 0 Å². The Balaban J connectivity index is 1.22. The summed E-state index contributed by atoms with van der Waals surface area (Å²) in [6.07, 6.45) is 7.50. The van der Waals surface area contributed by atoms with E-state index >= 15 is 0 Å². The zero-order valence-corrected chi connectivity index (χ0v) is 15.9. The molecule has 2 aliphatic heterocycles. The van der Waals surface area contributed by atoms with Crippen molar-refractivity contribution in [2.24, 2.45) is 18.9 Å². The zero-order chi connectivity index (χ0) is 18.4. The maximum absolute atomic E-state index is 11.8. The second-order valence-electron chi connectivity index (χ2n) is 8.53. The van der Waals surface area contributed by atoms with Crippen LogP contribution in [0.3, 0.4) is 0 Å². The lowest BCUT2D eigenvalue weighted by atomic mass is 9.83.